The minimum atomic E-state index is -0.0487. The average Bonchev–Trinajstić information content (AvgIpc) is 2.99. The molecule has 0 radical (unpaired) electrons. The molecule has 0 bridgehead atoms. The van der Waals surface area contributed by atoms with Gasteiger partial charge in [0.2, 0.25) is 0 Å². The van der Waals surface area contributed by atoms with Crippen molar-refractivity contribution in [3.05, 3.63) is 88.5 Å². The van der Waals surface area contributed by atoms with E-state index in [1.165, 1.54) is 0 Å². The lowest BCUT2D eigenvalue weighted by atomic mass is 10.1. The molecule has 1 saturated heterocycles. The van der Waals surface area contributed by atoms with Gasteiger partial charge in [0.1, 0.15) is 17.3 Å². The summed E-state index contributed by atoms with van der Waals surface area (Å²) < 4.78 is 6.29. The van der Waals surface area contributed by atoms with Gasteiger partial charge >= 0.3 is 0 Å². The van der Waals surface area contributed by atoms with E-state index in [1.807, 2.05) is 42.2 Å². The number of fused-ring (bicyclic) bond motifs is 2. The van der Waals surface area contributed by atoms with E-state index in [4.69, 9.17) is 9.73 Å². The third kappa shape index (κ3) is 4.01. The molecule has 34 heavy (non-hydrogen) atoms. The van der Waals surface area contributed by atoms with Crippen molar-refractivity contribution >= 4 is 17.4 Å². The average molecular weight is 451 g/mol. The molecule has 1 atom stereocenters. The molecule has 3 aromatic carbocycles. The number of carbonyl (C=O) groups is 1. The SMILES string of the molecule is Cc1ccc2c(c1)Oc1ccc(C)cc1C(N1CCN(C(=O)c3cccc(C#N)c3)[C@@H](C)C1)=N2. The van der Waals surface area contributed by atoms with E-state index in [1.54, 1.807) is 24.3 Å². The van der Waals surface area contributed by atoms with Gasteiger partial charge in [0.15, 0.2) is 5.75 Å². The van der Waals surface area contributed by atoms with E-state index in [0.717, 1.165) is 39.7 Å². The zero-order valence-electron chi connectivity index (χ0n) is 19.6. The van der Waals surface area contributed by atoms with Crippen molar-refractivity contribution in [2.45, 2.75) is 26.8 Å². The minimum Gasteiger partial charge on any atom is -0.454 e. The number of nitrogens with zero attached hydrogens (tertiary/aromatic N) is 4. The van der Waals surface area contributed by atoms with Gasteiger partial charge in [0.05, 0.1) is 17.2 Å². The summed E-state index contributed by atoms with van der Waals surface area (Å²) >= 11 is 0. The van der Waals surface area contributed by atoms with Crippen LogP contribution in [0.3, 0.4) is 0 Å². The highest BCUT2D eigenvalue weighted by Gasteiger charge is 2.32. The van der Waals surface area contributed by atoms with Crippen molar-refractivity contribution in [1.29, 1.82) is 5.26 Å². The van der Waals surface area contributed by atoms with Crippen molar-refractivity contribution in [3.8, 4) is 17.6 Å². The molecule has 0 saturated carbocycles. The predicted molar refractivity (Wildman–Crippen MR) is 132 cm³/mol. The molecule has 0 aromatic heterocycles. The Kier molecular flexibility index (Phi) is 5.54. The van der Waals surface area contributed by atoms with Gasteiger partial charge in [-0.25, -0.2) is 4.99 Å². The van der Waals surface area contributed by atoms with Crippen molar-refractivity contribution < 1.29 is 9.53 Å². The number of aryl methyl sites for hydroxylation is 2. The van der Waals surface area contributed by atoms with Gasteiger partial charge in [-0.3, -0.25) is 4.79 Å². The lowest BCUT2D eigenvalue weighted by molar-refractivity contribution is 0.0581. The summed E-state index contributed by atoms with van der Waals surface area (Å²) in [5, 5.41) is 9.19. The molecule has 2 aliphatic rings. The molecule has 5 rings (SSSR count). The molecule has 6 heteroatoms. The van der Waals surface area contributed by atoms with Gasteiger partial charge in [-0.1, -0.05) is 23.8 Å². The molecule has 1 amide bonds. The Morgan fingerprint density at radius 3 is 2.62 bits per heavy atom. The number of aliphatic imine (C=N–C) groups is 1. The standard InChI is InChI=1S/C28H26N4O2/c1-18-8-10-25-23(13-18)27(30-24-9-7-19(2)14-26(24)34-25)31-11-12-32(20(3)17-31)28(33)22-6-4-5-21(15-22)16-29/h4-10,13-15,20H,11-12,17H2,1-3H3/t20-/m0/s1. The third-order valence-corrected chi connectivity index (χ3v) is 6.36. The second-order valence-corrected chi connectivity index (χ2v) is 8.99. The molecule has 0 aliphatic carbocycles. The van der Waals surface area contributed by atoms with Crippen molar-refractivity contribution in [2.75, 3.05) is 19.6 Å². The summed E-state index contributed by atoms with van der Waals surface area (Å²) in [4.78, 5) is 22.4. The smallest absolute Gasteiger partial charge is 0.254 e. The van der Waals surface area contributed by atoms with Crippen molar-refractivity contribution in [1.82, 2.24) is 9.80 Å². The number of benzene rings is 3. The molecular formula is C28H26N4O2. The Bertz CT molecular complexity index is 1350. The molecule has 3 aromatic rings. The molecule has 0 unspecified atom stereocenters. The fourth-order valence-corrected chi connectivity index (χ4v) is 4.58. The second kappa shape index (κ2) is 8.68. The number of carbonyl (C=O) groups excluding carboxylic acids is 1. The zero-order valence-corrected chi connectivity index (χ0v) is 19.6. The maximum absolute atomic E-state index is 13.2. The van der Waals surface area contributed by atoms with Gasteiger partial charge in [0, 0.05) is 31.2 Å². The van der Waals surface area contributed by atoms with E-state index in [9.17, 15) is 10.1 Å². The van der Waals surface area contributed by atoms with Gasteiger partial charge in [0.25, 0.3) is 5.91 Å². The minimum absolute atomic E-state index is 0.0235. The summed E-state index contributed by atoms with van der Waals surface area (Å²) in [5.41, 5.74) is 5.05. The first-order chi connectivity index (χ1) is 16.4. The van der Waals surface area contributed by atoms with Crippen LogP contribution in [-0.4, -0.2) is 47.2 Å². The summed E-state index contributed by atoms with van der Waals surface area (Å²) in [7, 11) is 0. The van der Waals surface area contributed by atoms with Crippen LogP contribution in [0.25, 0.3) is 0 Å². The Hall–Kier alpha value is -4.11. The zero-order chi connectivity index (χ0) is 23.8. The van der Waals surface area contributed by atoms with Crippen LogP contribution in [0.15, 0.2) is 65.7 Å². The quantitative estimate of drug-likeness (QED) is 0.511. The normalized spacial score (nSPS) is 17.0. The lowest BCUT2D eigenvalue weighted by Gasteiger charge is -2.41. The number of amides is 1. The summed E-state index contributed by atoms with van der Waals surface area (Å²) in [5.74, 6) is 2.35. The maximum Gasteiger partial charge on any atom is 0.254 e. The number of nitriles is 1. The summed E-state index contributed by atoms with van der Waals surface area (Å²) in [6.07, 6.45) is 0. The number of amidine groups is 1. The fraction of sp³-hybridized carbons (Fsp3) is 0.250. The van der Waals surface area contributed by atoms with Crippen LogP contribution in [-0.2, 0) is 0 Å². The molecule has 2 aliphatic heterocycles. The molecule has 2 heterocycles. The van der Waals surface area contributed by atoms with Gasteiger partial charge in [-0.05, 0) is 68.8 Å². The van der Waals surface area contributed by atoms with Gasteiger partial charge in [-0.15, -0.1) is 0 Å². The Labute approximate surface area is 199 Å². The molecule has 1 fully saturated rings. The van der Waals surface area contributed by atoms with Crippen LogP contribution in [0.2, 0.25) is 0 Å². The molecular weight excluding hydrogens is 424 g/mol. The van der Waals surface area contributed by atoms with Crippen LogP contribution in [0.4, 0.5) is 5.69 Å². The van der Waals surface area contributed by atoms with Crippen LogP contribution in [0.5, 0.6) is 11.5 Å². The number of ether oxygens (including phenoxy) is 1. The fourth-order valence-electron chi connectivity index (χ4n) is 4.58. The highest BCUT2D eigenvalue weighted by atomic mass is 16.5. The van der Waals surface area contributed by atoms with E-state index in [0.29, 0.717) is 30.8 Å². The highest BCUT2D eigenvalue weighted by Crippen LogP contribution is 2.39. The molecule has 0 spiro atoms. The summed E-state index contributed by atoms with van der Waals surface area (Å²) in [6.45, 7) is 8.03. The van der Waals surface area contributed by atoms with Crippen LogP contribution in [0, 0.1) is 25.2 Å². The van der Waals surface area contributed by atoms with Gasteiger partial charge < -0.3 is 14.5 Å². The maximum atomic E-state index is 13.2. The number of rotatable bonds is 1. The van der Waals surface area contributed by atoms with E-state index in [-0.39, 0.29) is 11.9 Å². The first-order valence-electron chi connectivity index (χ1n) is 11.5. The molecule has 170 valence electrons. The first-order valence-corrected chi connectivity index (χ1v) is 11.5. The van der Waals surface area contributed by atoms with Crippen LogP contribution >= 0.6 is 0 Å². The molecule has 0 N–H and O–H groups in total. The number of hydrogen-bond donors (Lipinski definition) is 0. The number of hydrogen-bond acceptors (Lipinski definition) is 5. The lowest BCUT2D eigenvalue weighted by Crippen LogP contribution is -2.55. The van der Waals surface area contributed by atoms with E-state index < -0.39 is 0 Å². The molecule has 6 nitrogen and oxygen atoms in total. The van der Waals surface area contributed by atoms with Crippen molar-refractivity contribution in [3.63, 3.8) is 0 Å². The Morgan fingerprint density at radius 1 is 1.03 bits per heavy atom. The van der Waals surface area contributed by atoms with E-state index >= 15 is 0 Å². The topological polar surface area (TPSA) is 68.9 Å². The summed E-state index contributed by atoms with van der Waals surface area (Å²) in [6, 6.07) is 21.2. The van der Waals surface area contributed by atoms with Crippen molar-refractivity contribution in [2.24, 2.45) is 4.99 Å². The third-order valence-electron chi connectivity index (χ3n) is 6.36. The van der Waals surface area contributed by atoms with Crippen LogP contribution < -0.4 is 4.74 Å². The van der Waals surface area contributed by atoms with Gasteiger partial charge in [-0.2, -0.15) is 5.26 Å². The number of piperazine rings is 1. The monoisotopic (exact) mass is 450 g/mol. The second-order valence-electron chi connectivity index (χ2n) is 8.99. The Balaban J connectivity index is 1.46. The first kappa shape index (κ1) is 21.7. The van der Waals surface area contributed by atoms with E-state index in [2.05, 4.69) is 30.9 Å². The predicted octanol–water partition coefficient (Wildman–Crippen LogP) is 5.21. The van der Waals surface area contributed by atoms with Crippen LogP contribution in [0.1, 0.15) is 39.5 Å². The highest BCUT2D eigenvalue weighted by molar-refractivity contribution is 6.04. The largest absolute Gasteiger partial charge is 0.454 e. The Morgan fingerprint density at radius 2 is 1.82 bits per heavy atom.